The van der Waals surface area contributed by atoms with E-state index < -0.39 is 0 Å². The Hall–Kier alpha value is -0.600. The summed E-state index contributed by atoms with van der Waals surface area (Å²) in [5.74, 6) is 0.563. The van der Waals surface area contributed by atoms with E-state index in [-0.39, 0.29) is 12.6 Å². The number of hydrogen-bond acceptors (Lipinski definition) is 2. The monoisotopic (exact) mass is 153 g/mol. The van der Waals surface area contributed by atoms with Gasteiger partial charge in [-0.15, -0.1) is 0 Å². The third kappa shape index (κ3) is 2.17. The Bertz CT molecular complexity index is 184. The number of nitrogens with two attached hydrogens (primary N) is 1. The molecule has 0 bridgehead atoms. The van der Waals surface area contributed by atoms with Crippen LogP contribution in [0.5, 0.6) is 0 Å². The third-order valence-electron chi connectivity index (χ3n) is 1.92. The van der Waals surface area contributed by atoms with Gasteiger partial charge in [-0.2, -0.15) is 0 Å². The van der Waals surface area contributed by atoms with Crippen molar-refractivity contribution in [3.8, 4) is 0 Å². The fraction of sp³-hybridized carbons (Fsp3) is 0.556. The minimum absolute atomic E-state index is 0.0306. The molecule has 0 spiro atoms. The Morgan fingerprint density at radius 3 is 3.09 bits per heavy atom. The summed E-state index contributed by atoms with van der Waals surface area (Å²) >= 11 is 0. The lowest BCUT2D eigenvalue weighted by atomic mass is 9.94. The van der Waals surface area contributed by atoms with Crippen LogP contribution in [-0.2, 0) is 0 Å². The highest BCUT2D eigenvalue weighted by molar-refractivity contribution is 5.28. The molecule has 0 aliphatic heterocycles. The van der Waals surface area contributed by atoms with Crippen LogP contribution in [0.1, 0.15) is 13.3 Å². The largest absolute Gasteiger partial charge is 0.394 e. The summed E-state index contributed by atoms with van der Waals surface area (Å²) < 4.78 is 0. The van der Waals surface area contributed by atoms with Gasteiger partial charge in [-0.05, 0) is 17.9 Å². The molecule has 11 heavy (non-hydrogen) atoms. The molecule has 0 aromatic rings. The van der Waals surface area contributed by atoms with E-state index in [1.165, 1.54) is 0 Å². The average Bonchev–Trinajstić information content (AvgIpc) is 2.03. The summed E-state index contributed by atoms with van der Waals surface area (Å²) in [5.41, 5.74) is 6.70. The molecular formula is C9H15NO. The van der Waals surface area contributed by atoms with Crippen molar-refractivity contribution in [1.82, 2.24) is 0 Å². The van der Waals surface area contributed by atoms with Gasteiger partial charge in [0.2, 0.25) is 0 Å². The number of hydrogen-bond donors (Lipinski definition) is 2. The molecular weight excluding hydrogens is 138 g/mol. The van der Waals surface area contributed by atoms with Crippen LogP contribution < -0.4 is 5.73 Å². The predicted molar refractivity (Wildman–Crippen MR) is 46.1 cm³/mol. The Balaban J connectivity index is 2.63. The van der Waals surface area contributed by atoms with Gasteiger partial charge in [-0.3, -0.25) is 0 Å². The highest BCUT2D eigenvalue weighted by Crippen LogP contribution is 2.17. The normalized spacial score (nSPS) is 26.5. The first-order valence-electron chi connectivity index (χ1n) is 3.98. The summed E-state index contributed by atoms with van der Waals surface area (Å²) in [6.45, 7) is 2.18. The smallest absolute Gasteiger partial charge is 0.0624 e. The maximum absolute atomic E-state index is 8.77. The van der Waals surface area contributed by atoms with Crippen LogP contribution in [0.3, 0.4) is 0 Å². The van der Waals surface area contributed by atoms with Crippen LogP contribution >= 0.6 is 0 Å². The standard InChI is InChI=1S/C9H15NO/c1-7-3-2-4-8(5-7)9(10)6-11/h2,4-5,7,9,11H,3,6,10H2,1H3/t7?,9-/m1/s1. The lowest BCUT2D eigenvalue weighted by Gasteiger charge is -2.16. The highest BCUT2D eigenvalue weighted by Gasteiger charge is 2.09. The Kier molecular flexibility index (Phi) is 2.85. The van der Waals surface area contributed by atoms with Crippen LogP contribution in [0.25, 0.3) is 0 Å². The number of allylic oxidation sites excluding steroid dienone is 2. The Morgan fingerprint density at radius 1 is 1.82 bits per heavy atom. The van der Waals surface area contributed by atoms with Crippen LogP contribution in [0.2, 0.25) is 0 Å². The number of aliphatic hydroxyl groups excluding tert-OH is 1. The van der Waals surface area contributed by atoms with Crippen molar-refractivity contribution in [2.24, 2.45) is 11.7 Å². The fourth-order valence-corrected chi connectivity index (χ4v) is 1.22. The zero-order valence-corrected chi connectivity index (χ0v) is 6.83. The lowest BCUT2D eigenvalue weighted by Crippen LogP contribution is -2.27. The van der Waals surface area contributed by atoms with Crippen molar-refractivity contribution in [2.45, 2.75) is 19.4 Å². The van der Waals surface area contributed by atoms with Crippen molar-refractivity contribution in [2.75, 3.05) is 6.61 Å². The summed E-state index contributed by atoms with van der Waals surface area (Å²) in [6, 6.07) is -0.200. The molecule has 0 aromatic carbocycles. The molecule has 1 aliphatic rings. The molecule has 2 heteroatoms. The van der Waals surface area contributed by atoms with Crippen LogP contribution in [0.15, 0.2) is 23.8 Å². The second kappa shape index (κ2) is 3.69. The quantitative estimate of drug-likeness (QED) is 0.617. The third-order valence-corrected chi connectivity index (χ3v) is 1.92. The zero-order valence-electron chi connectivity index (χ0n) is 6.83. The maximum atomic E-state index is 8.77. The van der Waals surface area contributed by atoms with E-state index in [0.717, 1.165) is 12.0 Å². The maximum Gasteiger partial charge on any atom is 0.0624 e. The number of aliphatic hydroxyl groups is 1. The van der Waals surface area contributed by atoms with E-state index in [1.807, 2.05) is 6.08 Å². The van der Waals surface area contributed by atoms with Gasteiger partial charge in [0.15, 0.2) is 0 Å². The number of rotatable bonds is 2. The second-order valence-electron chi connectivity index (χ2n) is 3.07. The molecule has 3 N–H and O–H groups in total. The van der Waals surface area contributed by atoms with Gasteiger partial charge in [0.25, 0.3) is 0 Å². The predicted octanol–water partition coefficient (Wildman–Crippen LogP) is 0.828. The highest BCUT2D eigenvalue weighted by atomic mass is 16.3. The molecule has 62 valence electrons. The molecule has 1 aliphatic carbocycles. The molecule has 1 rings (SSSR count). The first kappa shape index (κ1) is 8.50. The van der Waals surface area contributed by atoms with Gasteiger partial charge in [0, 0.05) is 0 Å². The topological polar surface area (TPSA) is 46.2 Å². The molecule has 2 nitrogen and oxygen atoms in total. The van der Waals surface area contributed by atoms with E-state index in [0.29, 0.717) is 5.92 Å². The van der Waals surface area contributed by atoms with Crippen LogP contribution in [0.4, 0.5) is 0 Å². The Morgan fingerprint density at radius 2 is 2.55 bits per heavy atom. The van der Waals surface area contributed by atoms with Gasteiger partial charge in [-0.1, -0.05) is 25.2 Å². The molecule has 0 aromatic heterocycles. The fourth-order valence-electron chi connectivity index (χ4n) is 1.22. The molecule has 0 amide bonds. The van der Waals surface area contributed by atoms with Gasteiger partial charge < -0.3 is 10.8 Å². The zero-order chi connectivity index (χ0) is 8.27. The van der Waals surface area contributed by atoms with Crippen LogP contribution in [-0.4, -0.2) is 17.8 Å². The minimum atomic E-state index is -0.200. The molecule has 0 saturated heterocycles. The van der Waals surface area contributed by atoms with E-state index in [4.69, 9.17) is 10.8 Å². The van der Waals surface area contributed by atoms with Crippen molar-refractivity contribution in [1.29, 1.82) is 0 Å². The van der Waals surface area contributed by atoms with Crippen molar-refractivity contribution >= 4 is 0 Å². The first-order valence-corrected chi connectivity index (χ1v) is 3.98. The summed E-state index contributed by atoms with van der Waals surface area (Å²) in [4.78, 5) is 0. The molecule has 0 radical (unpaired) electrons. The first-order chi connectivity index (χ1) is 5.24. The van der Waals surface area contributed by atoms with Crippen molar-refractivity contribution in [3.05, 3.63) is 23.8 Å². The summed E-state index contributed by atoms with van der Waals surface area (Å²) in [6.07, 6.45) is 7.32. The van der Waals surface area contributed by atoms with E-state index >= 15 is 0 Å². The van der Waals surface area contributed by atoms with Gasteiger partial charge in [-0.25, -0.2) is 0 Å². The molecule has 0 saturated carbocycles. The summed E-state index contributed by atoms with van der Waals surface area (Å²) in [7, 11) is 0. The van der Waals surface area contributed by atoms with Gasteiger partial charge >= 0.3 is 0 Å². The average molecular weight is 153 g/mol. The SMILES string of the molecule is CC1C=C([C@H](N)CO)C=CC1. The van der Waals surface area contributed by atoms with Crippen LogP contribution in [0, 0.1) is 5.92 Å². The van der Waals surface area contributed by atoms with Gasteiger partial charge in [0.1, 0.15) is 0 Å². The lowest BCUT2D eigenvalue weighted by molar-refractivity contribution is 0.280. The van der Waals surface area contributed by atoms with E-state index in [2.05, 4.69) is 19.1 Å². The summed E-state index contributed by atoms with van der Waals surface area (Å²) in [5, 5.41) is 8.77. The minimum Gasteiger partial charge on any atom is -0.394 e. The van der Waals surface area contributed by atoms with E-state index in [1.54, 1.807) is 0 Å². The molecule has 2 atom stereocenters. The second-order valence-corrected chi connectivity index (χ2v) is 3.07. The van der Waals surface area contributed by atoms with Crippen molar-refractivity contribution in [3.63, 3.8) is 0 Å². The van der Waals surface area contributed by atoms with E-state index in [9.17, 15) is 0 Å². The van der Waals surface area contributed by atoms with Crippen molar-refractivity contribution < 1.29 is 5.11 Å². The Labute approximate surface area is 67.4 Å². The molecule has 0 heterocycles. The molecule has 1 unspecified atom stereocenters. The molecule has 0 fully saturated rings. The van der Waals surface area contributed by atoms with Gasteiger partial charge in [0.05, 0.1) is 12.6 Å².